The summed E-state index contributed by atoms with van der Waals surface area (Å²) in [5.41, 5.74) is 0.406. The van der Waals surface area contributed by atoms with Crippen molar-refractivity contribution in [3.63, 3.8) is 0 Å². The van der Waals surface area contributed by atoms with Crippen molar-refractivity contribution in [2.75, 3.05) is 27.2 Å². The molecule has 3 aromatic rings. The number of hydrogen-bond acceptors (Lipinski definition) is 6. The Hall–Kier alpha value is -3.01. The van der Waals surface area contributed by atoms with Gasteiger partial charge >= 0.3 is 6.09 Å². The molecule has 0 bridgehead atoms. The molecular formula is C29H40N4O4S. The van der Waals surface area contributed by atoms with E-state index in [9.17, 15) is 13.2 Å². The molecule has 2 aromatic carbocycles. The molecule has 1 N–H and O–H groups in total. The quantitative estimate of drug-likeness (QED) is 0.379. The first-order valence-corrected chi connectivity index (χ1v) is 14.4. The van der Waals surface area contributed by atoms with Crippen LogP contribution in [0.5, 0.6) is 0 Å². The molecule has 0 aliphatic carbocycles. The van der Waals surface area contributed by atoms with Crippen molar-refractivity contribution in [2.24, 2.45) is 0 Å². The average Bonchev–Trinajstić information content (AvgIpc) is 2.84. The van der Waals surface area contributed by atoms with E-state index >= 15 is 0 Å². The van der Waals surface area contributed by atoms with E-state index in [1.54, 1.807) is 41.6 Å². The van der Waals surface area contributed by atoms with Crippen molar-refractivity contribution < 1.29 is 17.9 Å². The lowest BCUT2D eigenvalue weighted by Gasteiger charge is -2.37. The third-order valence-corrected chi connectivity index (χ3v) is 7.78. The van der Waals surface area contributed by atoms with Gasteiger partial charge < -0.3 is 14.5 Å². The molecule has 8 nitrogen and oxygen atoms in total. The number of aromatic nitrogens is 1. The van der Waals surface area contributed by atoms with Gasteiger partial charge in [0.1, 0.15) is 5.60 Å². The van der Waals surface area contributed by atoms with Crippen molar-refractivity contribution in [1.29, 1.82) is 0 Å². The first-order valence-electron chi connectivity index (χ1n) is 12.9. The van der Waals surface area contributed by atoms with Crippen LogP contribution in [0, 0.1) is 0 Å². The van der Waals surface area contributed by atoms with Gasteiger partial charge in [-0.15, -0.1) is 0 Å². The van der Waals surface area contributed by atoms with Gasteiger partial charge in [-0.2, -0.15) is 0 Å². The van der Waals surface area contributed by atoms with E-state index in [4.69, 9.17) is 4.74 Å². The van der Waals surface area contributed by atoms with Crippen LogP contribution in [0.25, 0.3) is 10.8 Å². The summed E-state index contributed by atoms with van der Waals surface area (Å²) in [4.78, 5) is 21.4. The van der Waals surface area contributed by atoms with Gasteiger partial charge in [-0.1, -0.05) is 36.4 Å². The topological polar surface area (TPSA) is 91.8 Å². The molecule has 1 heterocycles. The van der Waals surface area contributed by atoms with E-state index in [0.29, 0.717) is 25.9 Å². The molecule has 0 saturated heterocycles. The van der Waals surface area contributed by atoms with Gasteiger partial charge in [0, 0.05) is 30.4 Å². The van der Waals surface area contributed by atoms with Gasteiger partial charge in [0.2, 0.25) is 10.0 Å². The zero-order chi connectivity index (χ0) is 27.9. The standard InChI is InChI=1S/C29H40N4O4S/c1-22(31-38(35,36)26-13-12-25-21-30-17-14-24(25)20-26)27(16-18-32(5)6)33(28(34)37-29(2,3)4)19-15-23-10-8-7-9-11-23/h7-14,17,20-22,27,31H,15-16,18-19H2,1-6H3/t22-,27?/m1/s1. The summed E-state index contributed by atoms with van der Waals surface area (Å²) in [5.74, 6) is 0. The second-order valence-corrected chi connectivity index (χ2v) is 12.6. The number of benzene rings is 2. The van der Waals surface area contributed by atoms with Crippen molar-refractivity contribution in [3.8, 4) is 0 Å². The number of rotatable bonds is 11. The highest BCUT2D eigenvalue weighted by Gasteiger charge is 2.33. The Balaban J connectivity index is 1.90. The van der Waals surface area contributed by atoms with Crippen LogP contribution in [0.3, 0.4) is 0 Å². The molecule has 2 atom stereocenters. The van der Waals surface area contributed by atoms with Gasteiger partial charge in [0.05, 0.1) is 10.9 Å². The fourth-order valence-corrected chi connectivity index (χ4v) is 5.61. The summed E-state index contributed by atoms with van der Waals surface area (Å²) < 4.78 is 35.5. The molecule has 1 amide bonds. The smallest absolute Gasteiger partial charge is 0.410 e. The van der Waals surface area contributed by atoms with Crippen LogP contribution in [0.15, 0.2) is 71.9 Å². The van der Waals surface area contributed by atoms with E-state index in [1.807, 2.05) is 77.0 Å². The molecule has 206 valence electrons. The van der Waals surface area contributed by atoms with Crippen molar-refractivity contribution in [2.45, 2.75) is 63.1 Å². The highest BCUT2D eigenvalue weighted by Crippen LogP contribution is 2.21. The summed E-state index contributed by atoms with van der Waals surface area (Å²) in [6, 6.07) is 15.7. The largest absolute Gasteiger partial charge is 0.444 e. The monoisotopic (exact) mass is 540 g/mol. The Kier molecular flexibility index (Phi) is 9.87. The molecule has 0 spiro atoms. The van der Waals surface area contributed by atoms with Crippen molar-refractivity contribution in [3.05, 3.63) is 72.6 Å². The molecule has 9 heteroatoms. The van der Waals surface area contributed by atoms with E-state index in [0.717, 1.165) is 16.3 Å². The Morgan fingerprint density at radius 3 is 2.39 bits per heavy atom. The molecule has 3 rings (SSSR count). The molecule has 1 aromatic heterocycles. The van der Waals surface area contributed by atoms with Crippen LogP contribution in [-0.2, 0) is 21.2 Å². The van der Waals surface area contributed by atoms with Crippen molar-refractivity contribution >= 4 is 26.9 Å². The number of ether oxygens (including phenoxy) is 1. The summed E-state index contributed by atoms with van der Waals surface area (Å²) in [5, 5.41) is 1.65. The molecule has 0 aliphatic rings. The molecule has 38 heavy (non-hydrogen) atoms. The van der Waals surface area contributed by atoms with Crippen LogP contribution in [-0.4, -0.2) is 74.2 Å². The number of amides is 1. The third-order valence-electron chi connectivity index (χ3n) is 6.23. The minimum Gasteiger partial charge on any atom is -0.444 e. The van der Waals surface area contributed by atoms with Gasteiger partial charge in [0.15, 0.2) is 0 Å². The molecular weight excluding hydrogens is 500 g/mol. The fraction of sp³-hybridized carbons (Fsp3) is 0.448. The lowest BCUT2D eigenvalue weighted by molar-refractivity contribution is 0.0119. The highest BCUT2D eigenvalue weighted by molar-refractivity contribution is 7.89. The zero-order valence-corrected chi connectivity index (χ0v) is 24.0. The van der Waals surface area contributed by atoms with Gasteiger partial charge in [-0.3, -0.25) is 4.98 Å². The lowest BCUT2D eigenvalue weighted by Crippen LogP contribution is -2.54. The van der Waals surface area contributed by atoms with Crippen molar-refractivity contribution in [1.82, 2.24) is 19.5 Å². The normalized spacial score (nSPS) is 13.9. The molecule has 1 unspecified atom stereocenters. The second-order valence-electron chi connectivity index (χ2n) is 10.9. The van der Waals surface area contributed by atoms with Crippen LogP contribution < -0.4 is 4.72 Å². The number of nitrogens with one attached hydrogen (secondary N) is 1. The van der Waals surface area contributed by atoms with Crippen LogP contribution in [0.2, 0.25) is 0 Å². The number of nitrogens with zero attached hydrogens (tertiary/aromatic N) is 3. The molecule has 0 fully saturated rings. The first kappa shape index (κ1) is 29.5. The fourth-order valence-electron chi connectivity index (χ4n) is 4.29. The molecule has 0 aliphatic heterocycles. The summed E-state index contributed by atoms with van der Waals surface area (Å²) in [6.45, 7) is 8.36. The van der Waals surface area contributed by atoms with Gasteiger partial charge in [-0.05, 0) is 90.3 Å². The molecule has 0 saturated carbocycles. The second kappa shape index (κ2) is 12.7. The number of fused-ring (bicyclic) bond motifs is 1. The number of pyridine rings is 1. The minimum absolute atomic E-state index is 0.169. The maximum Gasteiger partial charge on any atom is 0.410 e. The highest BCUT2D eigenvalue weighted by atomic mass is 32.2. The summed E-state index contributed by atoms with van der Waals surface area (Å²) >= 11 is 0. The SMILES string of the molecule is C[C@@H](NS(=O)(=O)c1ccc2cnccc2c1)C(CCN(C)C)N(CCc1ccccc1)C(=O)OC(C)(C)C. The van der Waals surface area contributed by atoms with Crippen LogP contribution in [0.4, 0.5) is 4.79 Å². The zero-order valence-electron chi connectivity index (χ0n) is 23.2. The lowest BCUT2D eigenvalue weighted by atomic mass is 10.0. The Labute approximate surface area is 227 Å². The first-order chi connectivity index (χ1) is 17.9. The molecule has 0 radical (unpaired) electrons. The van der Waals surface area contributed by atoms with E-state index < -0.39 is 33.8 Å². The number of carbonyl (C=O) groups is 1. The maximum atomic E-state index is 13.5. The van der Waals surface area contributed by atoms with E-state index in [1.165, 1.54) is 0 Å². The third kappa shape index (κ3) is 8.51. The number of sulfonamides is 1. The van der Waals surface area contributed by atoms with Gasteiger partial charge in [-0.25, -0.2) is 17.9 Å². The maximum absolute atomic E-state index is 13.5. The predicted molar refractivity (Wildman–Crippen MR) is 152 cm³/mol. The Morgan fingerprint density at radius 2 is 1.74 bits per heavy atom. The summed E-state index contributed by atoms with van der Waals surface area (Å²) in [6.07, 6.45) is 4.06. The van der Waals surface area contributed by atoms with Crippen LogP contribution >= 0.6 is 0 Å². The Morgan fingerprint density at radius 1 is 1.03 bits per heavy atom. The average molecular weight is 541 g/mol. The minimum atomic E-state index is -3.86. The number of carbonyl (C=O) groups excluding carboxylic acids is 1. The van der Waals surface area contributed by atoms with E-state index in [2.05, 4.69) is 9.71 Å². The predicted octanol–water partition coefficient (Wildman–Crippen LogP) is 4.70. The van der Waals surface area contributed by atoms with Gasteiger partial charge in [0.25, 0.3) is 0 Å². The number of hydrogen-bond donors (Lipinski definition) is 1. The summed E-state index contributed by atoms with van der Waals surface area (Å²) in [7, 11) is 0.0531. The van der Waals surface area contributed by atoms with E-state index in [-0.39, 0.29) is 4.90 Å². The Bertz CT molecular complexity index is 1310. The van der Waals surface area contributed by atoms with Crippen LogP contribution in [0.1, 0.15) is 39.7 Å².